The van der Waals surface area contributed by atoms with E-state index in [1.54, 1.807) is 4.90 Å². The summed E-state index contributed by atoms with van der Waals surface area (Å²) in [6, 6.07) is 7.50. The molecule has 0 aliphatic heterocycles. The van der Waals surface area contributed by atoms with Gasteiger partial charge in [-0.2, -0.15) is 0 Å². The highest BCUT2D eigenvalue weighted by Gasteiger charge is 2.02. The molecule has 1 aromatic carbocycles. The van der Waals surface area contributed by atoms with Crippen molar-refractivity contribution >= 4 is 5.91 Å². The van der Waals surface area contributed by atoms with E-state index < -0.39 is 0 Å². The van der Waals surface area contributed by atoms with Crippen molar-refractivity contribution in [3.63, 3.8) is 0 Å². The number of primary amides is 1. The number of nitrogens with zero attached hydrogens (tertiary/aromatic N) is 1. The molecule has 0 saturated heterocycles. The molecular formula is C14H19N3O2. The summed E-state index contributed by atoms with van der Waals surface area (Å²) >= 11 is 0. The van der Waals surface area contributed by atoms with Crippen LogP contribution in [0, 0.1) is 11.8 Å². The Hall–Kier alpha value is -2.03. The minimum atomic E-state index is -0.346. The number of hydrogen-bond donors (Lipinski definition) is 2. The molecule has 0 aliphatic carbocycles. The third kappa shape index (κ3) is 6.46. The highest BCUT2D eigenvalue weighted by Crippen LogP contribution is 2.12. The van der Waals surface area contributed by atoms with Gasteiger partial charge in [-0.25, -0.2) is 0 Å². The van der Waals surface area contributed by atoms with E-state index in [9.17, 15) is 4.79 Å². The van der Waals surface area contributed by atoms with Gasteiger partial charge in [-0.05, 0) is 25.2 Å². The summed E-state index contributed by atoms with van der Waals surface area (Å²) in [6.45, 7) is 1.67. The van der Waals surface area contributed by atoms with Gasteiger partial charge < -0.3 is 16.2 Å². The lowest BCUT2D eigenvalue weighted by molar-refractivity contribution is -0.118. The van der Waals surface area contributed by atoms with Crippen LogP contribution in [0.15, 0.2) is 24.3 Å². The molecule has 0 atom stereocenters. The third-order valence-corrected chi connectivity index (χ3v) is 2.34. The van der Waals surface area contributed by atoms with Crippen molar-refractivity contribution in [2.45, 2.75) is 0 Å². The van der Waals surface area contributed by atoms with E-state index in [1.165, 1.54) is 0 Å². The van der Waals surface area contributed by atoms with Crippen LogP contribution >= 0.6 is 0 Å². The van der Waals surface area contributed by atoms with Crippen LogP contribution in [0.5, 0.6) is 5.75 Å². The Labute approximate surface area is 113 Å². The lowest BCUT2D eigenvalue weighted by atomic mass is 10.2. The van der Waals surface area contributed by atoms with Gasteiger partial charge in [-0.15, -0.1) is 0 Å². The van der Waals surface area contributed by atoms with Crippen molar-refractivity contribution in [2.24, 2.45) is 11.5 Å². The summed E-state index contributed by atoms with van der Waals surface area (Å²) in [4.78, 5) is 12.5. The molecular weight excluding hydrogens is 242 g/mol. The summed E-state index contributed by atoms with van der Waals surface area (Å²) in [5.74, 6) is 6.13. The molecule has 4 N–H and O–H groups in total. The summed E-state index contributed by atoms with van der Waals surface area (Å²) in [5.41, 5.74) is 11.3. The van der Waals surface area contributed by atoms with Crippen LogP contribution in [-0.4, -0.2) is 44.1 Å². The van der Waals surface area contributed by atoms with E-state index in [-0.39, 0.29) is 12.5 Å². The molecule has 0 aromatic heterocycles. The number of nitrogens with two attached hydrogens (primary N) is 2. The van der Waals surface area contributed by atoms with Crippen LogP contribution < -0.4 is 16.2 Å². The van der Waals surface area contributed by atoms with Crippen LogP contribution in [-0.2, 0) is 4.79 Å². The van der Waals surface area contributed by atoms with Crippen LogP contribution in [0.1, 0.15) is 5.56 Å². The quantitative estimate of drug-likeness (QED) is 0.694. The van der Waals surface area contributed by atoms with Crippen molar-refractivity contribution in [3.05, 3.63) is 29.8 Å². The van der Waals surface area contributed by atoms with E-state index in [4.69, 9.17) is 16.2 Å². The zero-order chi connectivity index (χ0) is 14.1. The number of amides is 1. The van der Waals surface area contributed by atoms with Crippen LogP contribution in [0.2, 0.25) is 0 Å². The Morgan fingerprint density at radius 2 is 2.26 bits per heavy atom. The SMILES string of the molecule is CN(CCOc1cccc(C#CCN)c1)CC(N)=O. The van der Waals surface area contributed by atoms with Gasteiger partial charge in [-0.1, -0.05) is 17.9 Å². The number of likely N-dealkylation sites (N-methyl/N-ethyl adjacent to an activating group) is 1. The maximum absolute atomic E-state index is 10.7. The standard InChI is InChI=1S/C14H19N3O2/c1-17(11-14(16)18)8-9-19-13-6-2-4-12(10-13)5-3-7-15/h2,4,6,10H,7-9,11,15H2,1H3,(H2,16,18). The van der Waals surface area contributed by atoms with Gasteiger partial charge in [-0.3, -0.25) is 9.69 Å². The molecule has 0 fully saturated rings. The molecule has 102 valence electrons. The zero-order valence-electron chi connectivity index (χ0n) is 11.1. The average molecular weight is 261 g/mol. The fourth-order valence-corrected chi connectivity index (χ4v) is 1.48. The normalized spacial score (nSPS) is 9.84. The molecule has 0 unspecified atom stereocenters. The lowest BCUT2D eigenvalue weighted by Gasteiger charge is -2.14. The maximum atomic E-state index is 10.7. The molecule has 0 bridgehead atoms. The predicted octanol–water partition coefficient (Wildman–Crippen LogP) is -0.207. The first-order valence-electron chi connectivity index (χ1n) is 6.00. The number of benzene rings is 1. The van der Waals surface area contributed by atoms with Gasteiger partial charge in [0.25, 0.3) is 0 Å². The molecule has 0 aliphatic rings. The number of hydrogen-bond acceptors (Lipinski definition) is 4. The van der Waals surface area contributed by atoms with Crippen molar-refractivity contribution in [3.8, 4) is 17.6 Å². The van der Waals surface area contributed by atoms with E-state index in [1.807, 2.05) is 31.3 Å². The monoisotopic (exact) mass is 261 g/mol. The van der Waals surface area contributed by atoms with E-state index >= 15 is 0 Å². The smallest absolute Gasteiger partial charge is 0.231 e. The molecule has 1 rings (SSSR count). The van der Waals surface area contributed by atoms with Gasteiger partial charge in [0.1, 0.15) is 12.4 Å². The summed E-state index contributed by atoms with van der Waals surface area (Å²) < 4.78 is 5.59. The number of ether oxygens (including phenoxy) is 1. The molecule has 1 amide bonds. The minimum Gasteiger partial charge on any atom is -0.492 e. The van der Waals surface area contributed by atoms with Gasteiger partial charge in [0.15, 0.2) is 0 Å². The summed E-state index contributed by atoms with van der Waals surface area (Å²) in [5, 5.41) is 0. The number of carbonyl (C=O) groups excluding carboxylic acids is 1. The van der Waals surface area contributed by atoms with Gasteiger partial charge >= 0.3 is 0 Å². The van der Waals surface area contributed by atoms with Crippen molar-refractivity contribution < 1.29 is 9.53 Å². The second-order valence-corrected chi connectivity index (χ2v) is 4.09. The molecule has 1 aromatic rings. The number of carbonyl (C=O) groups is 1. The second kappa shape index (κ2) is 8.14. The Morgan fingerprint density at radius 3 is 2.95 bits per heavy atom. The first-order chi connectivity index (χ1) is 9.11. The second-order valence-electron chi connectivity index (χ2n) is 4.09. The molecule has 19 heavy (non-hydrogen) atoms. The maximum Gasteiger partial charge on any atom is 0.231 e. The van der Waals surface area contributed by atoms with E-state index in [2.05, 4.69) is 11.8 Å². The summed E-state index contributed by atoms with van der Waals surface area (Å²) in [6.07, 6.45) is 0. The molecule has 0 spiro atoms. The van der Waals surface area contributed by atoms with Crippen LogP contribution in [0.4, 0.5) is 0 Å². The number of rotatable bonds is 6. The molecule has 5 heteroatoms. The van der Waals surface area contributed by atoms with Gasteiger partial charge in [0, 0.05) is 12.1 Å². The van der Waals surface area contributed by atoms with Crippen molar-refractivity contribution in [2.75, 3.05) is 33.3 Å². The lowest BCUT2D eigenvalue weighted by Crippen LogP contribution is -2.33. The minimum absolute atomic E-state index is 0.228. The Kier molecular flexibility index (Phi) is 6.44. The fraction of sp³-hybridized carbons (Fsp3) is 0.357. The Bertz CT molecular complexity index is 477. The van der Waals surface area contributed by atoms with Crippen LogP contribution in [0.25, 0.3) is 0 Å². The third-order valence-electron chi connectivity index (χ3n) is 2.34. The molecule has 0 heterocycles. The van der Waals surface area contributed by atoms with Gasteiger partial charge in [0.05, 0.1) is 13.1 Å². The highest BCUT2D eigenvalue weighted by atomic mass is 16.5. The van der Waals surface area contributed by atoms with Gasteiger partial charge in [0.2, 0.25) is 5.91 Å². The van der Waals surface area contributed by atoms with Crippen molar-refractivity contribution in [1.82, 2.24) is 4.90 Å². The average Bonchev–Trinajstić information content (AvgIpc) is 2.36. The Morgan fingerprint density at radius 1 is 1.47 bits per heavy atom. The molecule has 0 radical (unpaired) electrons. The molecule has 5 nitrogen and oxygen atoms in total. The fourth-order valence-electron chi connectivity index (χ4n) is 1.48. The van der Waals surface area contributed by atoms with E-state index in [0.29, 0.717) is 19.7 Å². The zero-order valence-corrected chi connectivity index (χ0v) is 11.1. The van der Waals surface area contributed by atoms with Crippen molar-refractivity contribution in [1.29, 1.82) is 0 Å². The largest absolute Gasteiger partial charge is 0.492 e. The Balaban J connectivity index is 2.43. The first-order valence-corrected chi connectivity index (χ1v) is 6.00. The predicted molar refractivity (Wildman–Crippen MR) is 74.6 cm³/mol. The molecule has 0 saturated carbocycles. The first kappa shape index (κ1) is 15.0. The van der Waals surface area contributed by atoms with E-state index in [0.717, 1.165) is 11.3 Å². The highest BCUT2D eigenvalue weighted by molar-refractivity contribution is 5.75. The topological polar surface area (TPSA) is 81.6 Å². The summed E-state index contributed by atoms with van der Waals surface area (Å²) in [7, 11) is 1.82. The van der Waals surface area contributed by atoms with Crippen LogP contribution in [0.3, 0.4) is 0 Å².